The average Bonchev–Trinajstić information content (AvgIpc) is 2.81. The Kier molecular flexibility index (Phi) is 3.03. The number of hydrogen-bond donors (Lipinski definition) is 2. The number of amides is 1. The lowest BCUT2D eigenvalue weighted by atomic mass is 9.50. The van der Waals surface area contributed by atoms with Crippen molar-refractivity contribution in [2.75, 3.05) is 6.54 Å². The number of carboxylic acid groups (broad SMARTS) is 1. The van der Waals surface area contributed by atoms with Gasteiger partial charge in [0.2, 0.25) is 0 Å². The van der Waals surface area contributed by atoms with Gasteiger partial charge in [0.25, 0.3) is 0 Å². The monoisotopic (exact) mass is 296 g/mol. The normalized spacial score (nSPS) is 41.2. The molecular weight excluding hydrogens is 272 g/mol. The van der Waals surface area contributed by atoms with Crippen LogP contribution in [0.2, 0.25) is 0 Å². The Morgan fingerprint density at radius 2 is 1.95 bits per heavy atom. The zero-order valence-electron chi connectivity index (χ0n) is 12.8. The molecule has 0 aromatic rings. The lowest BCUT2D eigenvalue weighted by molar-refractivity contribution is -0.169. The SMILES string of the molecule is CC(C)(C)OC(=O)N1C[C@@H]2C[C@H]1C2C1(C(=O)O)CC(N)C1. The fourth-order valence-electron chi connectivity index (χ4n) is 4.43. The van der Waals surface area contributed by atoms with Gasteiger partial charge in [-0.3, -0.25) is 4.79 Å². The Morgan fingerprint density at radius 3 is 2.43 bits per heavy atom. The van der Waals surface area contributed by atoms with Gasteiger partial charge in [0.05, 0.1) is 5.41 Å². The highest BCUT2D eigenvalue weighted by atomic mass is 16.6. The summed E-state index contributed by atoms with van der Waals surface area (Å²) >= 11 is 0. The molecule has 2 aliphatic heterocycles. The van der Waals surface area contributed by atoms with Crippen LogP contribution in [-0.2, 0) is 9.53 Å². The summed E-state index contributed by atoms with van der Waals surface area (Å²) in [5.41, 5.74) is 4.59. The molecule has 2 saturated carbocycles. The van der Waals surface area contributed by atoms with E-state index in [1.165, 1.54) is 0 Å². The van der Waals surface area contributed by atoms with E-state index in [0.29, 0.717) is 19.4 Å². The standard InChI is InChI=1S/C15H24N2O4/c1-14(2,3)21-13(20)17-7-8-4-10(17)11(8)15(12(18)19)5-9(16)6-15/h8-11H,4-7,16H2,1-3H3,(H,18,19)/t8-,9?,10-,11?,15?/m0/s1. The molecule has 118 valence electrons. The van der Waals surface area contributed by atoms with Crippen molar-refractivity contribution >= 4 is 12.1 Å². The highest BCUT2D eigenvalue weighted by Crippen LogP contribution is 2.61. The number of nitrogens with two attached hydrogens (primary N) is 1. The van der Waals surface area contributed by atoms with Crippen molar-refractivity contribution in [1.82, 2.24) is 4.90 Å². The van der Waals surface area contributed by atoms with Crippen LogP contribution in [-0.4, -0.2) is 46.3 Å². The van der Waals surface area contributed by atoms with Crippen molar-refractivity contribution in [1.29, 1.82) is 0 Å². The van der Waals surface area contributed by atoms with Crippen molar-refractivity contribution in [3.05, 3.63) is 0 Å². The van der Waals surface area contributed by atoms with Crippen LogP contribution in [0.15, 0.2) is 0 Å². The van der Waals surface area contributed by atoms with Crippen LogP contribution in [0.4, 0.5) is 4.79 Å². The van der Waals surface area contributed by atoms with Crippen LogP contribution in [0.3, 0.4) is 0 Å². The van der Waals surface area contributed by atoms with Crippen LogP contribution in [0.1, 0.15) is 40.0 Å². The predicted octanol–water partition coefficient (Wildman–Crippen LogP) is 1.43. The number of rotatable bonds is 2. The molecule has 4 fully saturated rings. The lowest BCUT2D eigenvalue weighted by Crippen LogP contribution is -2.62. The largest absolute Gasteiger partial charge is 0.481 e. The minimum absolute atomic E-state index is 0.00782. The minimum atomic E-state index is -0.755. The molecule has 0 aromatic heterocycles. The average molecular weight is 296 g/mol. The van der Waals surface area contributed by atoms with E-state index in [0.717, 1.165) is 6.42 Å². The van der Waals surface area contributed by atoms with Gasteiger partial charge in [0.15, 0.2) is 0 Å². The summed E-state index contributed by atoms with van der Waals surface area (Å²) in [6.07, 6.45) is 1.64. The van der Waals surface area contributed by atoms with Crippen LogP contribution in [0.5, 0.6) is 0 Å². The van der Waals surface area contributed by atoms with Crippen LogP contribution < -0.4 is 5.73 Å². The molecule has 2 bridgehead atoms. The van der Waals surface area contributed by atoms with Gasteiger partial charge in [0.1, 0.15) is 5.60 Å². The molecule has 0 aromatic carbocycles. The smallest absolute Gasteiger partial charge is 0.410 e. The third-order valence-corrected chi connectivity index (χ3v) is 5.24. The van der Waals surface area contributed by atoms with Crippen LogP contribution in [0.25, 0.3) is 0 Å². The van der Waals surface area contributed by atoms with E-state index in [1.54, 1.807) is 4.90 Å². The number of carbonyl (C=O) groups excluding carboxylic acids is 1. The Bertz CT molecular complexity index is 479. The Balaban J connectivity index is 1.73. The van der Waals surface area contributed by atoms with Gasteiger partial charge in [-0.1, -0.05) is 0 Å². The molecular formula is C15H24N2O4. The number of carbonyl (C=O) groups is 2. The fourth-order valence-corrected chi connectivity index (χ4v) is 4.43. The van der Waals surface area contributed by atoms with E-state index in [4.69, 9.17) is 10.5 Å². The summed E-state index contributed by atoms with van der Waals surface area (Å²) < 4.78 is 5.43. The number of nitrogens with zero attached hydrogens (tertiary/aromatic N) is 1. The molecule has 2 saturated heterocycles. The second-order valence-electron chi connectivity index (χ2n) is 7.85. The van der Waals surface area contributed by atoms with E-state index in [9.17, 15) is 14.7 Å². The second-order valence-corrected chi connectivity index (χ2v) is 7.85. The summed E-state index contributed by atoms with van der Waals surface area (Å²) in [5, 5.41) is 9.62. The molecule has 0 spiro atoms. The first-order valence-corrected chi connectivity index (χ1v) is 7.63. The first-order valence-electron chi connectivity index (χ1n) is 7.63. The zero-order valence-corrected chi connectivity index (χ0v) is 12.8. The molecule has 6 nitrogen and oxygen atoms in total. The van der Waals surface area contributed by atoms with Crippen molar-refractivity contribution in [3.63, 3.8) is 0 Å². The van der Waals surface area contributed by atoms with Gasteiger partial charge in [0, 0.05) is 24.5 Å². The molecule has 21 heavy (non-hydrogen) atoms. The first-order chi connectivity index (χ1) is 9.64. The van der Waals surface area contributed by atoms with E-state index in [2.05, 4.69) is 0 Å². The number of hydrogen-bond acceptors (Lipinski definition) is 4. The quantitative estimate of drug-likeness (QED) is 0.804. The van der Waals surface area contributed by atoms with Crippen LogP contribution in [0, 0.1) is 17.3 Å². The van der Waals surface area contributed by atoms with Gasteiger partial charge >= 0.3 is 12.1 Å². The Hall–Kier alpha value is -1.30. The van der Waals surface area contributed by atoms with Crippen molar-refractivity contribution in [3.8, 4) is 0 Å². The minimum Gasteiger partial charge on any atom is -0.481 e. The fraction of sp³-hybridized carbons (Fsp3) is 0.867. The maximum absolute atomic E-state index is 12.2. The van der Waals surface area contributed by atoms with Crippen molar-refractivity contribution in [2.45, 2.75) is 57.7 Å². The first kappa shape index (κ1) is 14.6. The predicted molar refractivity (Wildman–Crippen MR) is 75.6 cm³/mol. The summed E-state index contributed by atoms with van der Waals surface area (Å²) in [7, 11) is 0. The molecule has 1 unspecified atom stereocenters. The Labute approximate surface area is 124 Å². The highest BCUT2D eigenvalue weighted by molar-refractivity contribution is 5.78. The second kappa shape index (κ2) is 4.35. The topological polar surface area (TPSA) is 92.9 Å². The van der Waals surface area contributed by atoms with Gasteiger partial charge in [-0.2, -0.15) is 0 Å². The maximum Gasteiger partial charge on any atom is 0.410 e. The third kappa shape index (κ3) is 2.11. The molecule has 4 aliphatic rings. The molecule has 2 aliphatic carbocycles. The van der Waals surface area contributed by atoms with Gasteiger partial charge in [-0.05, 0) is 46.0 Å². The number of fused-ring (bicyclic) bond motifs is 1. The van der Waals surface area contributed by atoms with Gasteiger partial charge in [-0.15, -0.1) is 0 Å². The number of ether oxygens (including phenoxy) is 1. The summed E-state index contributed by atoms with van der Waals surface area (Å²) in [6.45, 7) is 6.14. The van der Waals surface area contributed by atoms with E-state index >= 15 is 0 Å². The maximum atomic E-state index is 12.2. The molecule has 1 amide bonds. The molecule has 4 rings (SSSR count). The molecule has 0 radical (unpaired) electrons. The molecule has 6 heteroatoms. The highest BCUT2D eigenvalue weighted by Gasteiger charge is 2.67. The van der Waals surface area contributed by atoms with Crippen LogP contribution >= 0.6 is 0 Å². The number of carboxylic acids is 1. The van der Waals surface area contributed by atoms with E-state index < -0.39 is 17.0 Å². The van der Waals surface area contributed by atoms with Gasteiger partial charge < -0.3 is 20.5 Å². The summed E-state index contributed by atoms with van der Waals surface area (Å²) in [6, 6.07) is -0.00970. The zero-order chi connectivity index (χ0) is 15.6. The summed E-state index contributed by atoms with van der Waals surface area (Å²) in [5.74, 6) is -0.427. The summed E-state index contributed by atoms with van der Waals surface area (Å²) in [4.78, 5) is 25.7. The van der Waals surface area contributed by atoms with Crippen molar-refractivity contribution < 1.29 is 19.4 Å². The van der Waals surface area contributed by atoms with Crippen molar-refractivity contribution in [2.24, 2.45) is 23.0 Å². The van der Waals surface area contributed by atoms with E-state index in [-0.39, 0.29) is 30.0 Å². The molecule has 3 atom stereocenters. The Morgan fingerprint density at radius 1 is 1.33 bits per heavy atom. The molecule has 2 heterocycles. The number of aliphatic carboxylic acids is 1. The van der Waals surface area contributed by atoms with E-state index in [1.807, 2.05) is 20.8 Å². The molecule has 3 N–H and O–H groups in total. The van der Waals surface area contributed by atoms with Gasteiger partial charge in [-0.25, -0.2) is 4.79 Å². The third-order valence-electron chi connectivity index (χ3n) is 5.24. The lowest BCUT2D eigenvalue weighted by Gasteiger charge is -2.54.